The van der Waals surface area contributed by atoms with Gasteiger partial charge in [0, 0.05) is 29.5 Å². The lowest BCUT2D eigenvalue weighted by atomic mass is 9.98. The molecule has 0 spiro atoms. The molecule has 0 unspecified atom stereocenters. The predicted octanol–water partition coefficient (Wildman–Crippen LogP) is 5.93. The van der Waals surface area contributed by atoms with Crippen molar-refractivity contribution in [2.24, 2.45) is 5.92 Å². The van der Waals surface area contributed by atoms with E-state index in [1.807, 2.05) is 25.1 Å². The van der Waals surface area contributed by atoms with Gasteiger partial charge in [-0.2, -0.15) is 0 Å². The molecular formula is C22H28ClN3S. The Kier molecular flexibility index (Phi) is 6.61. The molecule has 1 fully saturated rings. The van der Waals surface area contributed by atoms with Crippen LogP contribution in [0.4, 0.5) is 11.4 Å². The molecule has 5 heteroatoms. The molecule has 0 amide bonds. The normalized spacial score (nSPS) is 16.1. The summed E-state index contributed by atoms with van der Waals surface area (Å²) < 4.78 is 0. The van der Waals surface area contributed by atoms with Crippen LogP contribution >= 0.6 is 23.8 Å². The number of benzene rings is 2. The average Bonchev–Trinajstić information content (AvgIpc) is 2.65. The summed E-state index contributed by atoms with van der Waals surface area (Å²) in [6, 6.07) is 14.8. The van der Waals surface area contributed by atoms with Crippen molar-refractivity contribution in [3.05, 3.63) is 58.6 Å². The number of nitrogens with one attached hydrogen (secondary N) is 2. The minimum atomic E-state index is 0.126. The summed E-state index contributed by atoms with van der Waals surface area (Å²) in [5.41, 5.74) is 4.48. The Bertz CT molecular complexity index is 783. The Labute approximate surface area is 173 Å². The first-order valence-corrected chi connectivity index (χ1v) is 10.4. The van der Waals surface area contributed by atoms with Crippen molar-refractivity contribution in [3.63, 3.8) is 0 Å². The number of thiocarbonyl (C=S) groups is 1. The minimum absolute atomic E-state index is 0.126. The van der Waals surface area contributed by atoms with Crippen LogP contribution in [0.3, 0.4) is 0 Å². The highest BCUT2D eigenvalue weighted by Crippen LogP contribution is 2.25. The lowest BCUT2D eigenvalue weighted by Crippen LogP contribution is -2.33. The van der Waals surface area contributed by atoms with Gasteiger partial charge >= 0.3 is 0 Å². The SMILES string of the molecule is Cc1ccc(NC(=S)N[C@@H](C)c2ccc(N3CCC(C)CC3)cc2)cc1Cl. The van der Waals surface area contributed by atoms with Gasteiger partial charge in [0.05, 0.1) is 6.04 Å². The molecule has 2 aromatic carbocycles. The molecule has 3 rings (SSSR count). The molecule has 144 valence electrons. The van der Waals surface area contributed by atoms with E-state index in [0.717, 1.165) is 35.3 Å². The number of aryl methyl sites for hydroxylation is 1. The lowest BCUT2D eigenvalue weighted by molar-refractivity contribution is 0.438. The summed E-state index contributed by atoms with van der Waals surface area (Å²) in [5.74, 6) is 0.849. The zero-order valence-electron chi connectivity index (χ0n) is 16.3. The van der Waals surface area contributed by atoms with Gasteiger partial charge in [0.15, 0.2) is 5.11 Å². The third kappa shape index (κ3) is 5.36. The molecule has 3 nitrogen and oxygen atoms in total. The van der Waals surface area contributed by atoms with Gasteiger partial charge in [-0.3, -0.25) is 0 Å². The van der Waals surface area contributed by atoms with E-state index < -0.39 is 0 Å². The predicted molar refractivity (Wildman–Crippen MR) is 121 cm³/mol. The van der Waals surface area contributed by atoms with Gasteiger partial charge in [0.2, 0.25) is 0 Å². The molecule has 2 N–H and O–H groups in total. The third-order valence-corrected chi connectivity index (χ3v) is 5.95. The summed E-state index contributed by atoms with van der Waals surface area (Å²) in [6.07, 6.45) is 2.56. The van der Waals surface area contributed by atoms with E-state index in [0.29, 0.717) is 5.11 Å². The van der Waals surface area contributed by atoms with E-state index in [9.17, 15) is 0 Å². The minimum Gasteiger partial charge on any atom is -0.372 e. The summed E-state index contributed by atoms with van der Waals surface area (Å²) in [5, 5.41) is 7.88. The van der Waals surface area contributed by atoms with Crippen LogP contribution in [0.2, 0.25) is 5.02 Å². The fourth-order valence-electron chi connectivity index (χ4n) is 3.36. The Morgan fingerprint density at radius 3 is 2.44 bits per heavy atom. The number of hydrogen-bond acceptors (Lipinski definition) is 2. The van der Waals surface area contributed by atoms with Crippen molar-refractivity contribution in [2.75, 3.05) is 23.3 Å². The van der Waals surface area contributed by atoms with Crippen molar-refractivity contribution >= 4 is 40.3 Å². The fraction of sp³-hybridized carbons (Fsp3) is 0.409. The van der Waals surface area contributed by atoms with Gasteiger partial charge < -0.3 is 15.5 Å². The monoisotopic (exact) mass is 401 g/mol. The molecular weight excluding hydrogens is 374 g/mol. The van der Waals surface area contributed by atoms with Crippen LogP contribution in [0.1, 0.15) is 43.9 Å². The average molecular weight is 402 g/mol. The van der Waals surface area contributed by atoms with Gasteiger partial charge in [-0.1, -0.05) is 36.7 Å². The van der Waals surface area contributed by atoms with Crippen LogP contribution in [0, 0.1) is 12.8 Å². The molecule has 0 saturated carbocycles. The molecule has 0 aromatic heterocycles. The highest BCUT2D eigenvalue weighted by molar-refractivity contribution is 7.80. The van der Waals surface area contributed by atoms with Crippen LogP contribution in [-0.2, 0) is 0 Å². The number of hydrogen-bond donors (Lipinski definition) is 2. The van der Waals surface area contributed by atoms with Gasteiger partial charge in [0.1, 0.15) is 0 Å². The van der Waals surface area contributed by atoms with Crippen LogP contribution < -0.4 is 15.5 Å². The fourth-order valence-corrected chi connectivity index (χ4v) is 3.83. The highest BCUT2D eigenvalue weighted by Gasteiger charge is 2.16. The van der Waals surface area contributed by atoms with Gasteiger partial charge in [0.25, 0.3) is 0 Å². The molecule has 0 bridgehead atoms. The summed E-state index contributed by atoms with van der Waals surface area (Å²) in [4.78, 5) is 2.48. The van der Waals surface area contributed by atoms with E-state index in [-0.39, 0.29) is 6.04 Å². The zero-order valence-corrected chi connectivity index (χ0v) is 17.8. The molecule has 27 heavy (non-hydrogen) atoms. The van der Waals surface area contributed by atoms with E-state index in [1.54, 1.807) is 0 Å². The maximum Gasteiger partial charge on any atom is 0.171 e. The smallest absolute Gasteiger partial charge is 0.171 e. The molecule has 0 radical (unpaired) electrons. The number of anilines is 2. The molecule has 1 heterocycles. The van der Waals surface area contributed by atoms with E-state index >= 15 is 0 Å². The maximum absolute atomic E-state index is 6.18. The van der Waals surface area contributed by atoms with Crippen LogP contribution in [0.15, 0.2) is 42.5 Å². The first-order valence-electron chi connectivity index (χ1n) is 9.61. The second kappa shape index (κ2) is 8.94. The van der Waals surface area contributed by atoms with Crippen molar-refractivity contribution in [3.8, 4) is 0 Å². The first kappa shape index (κ1) is 20.0. The van der Waals surface area contributed by atoms with E-state index in [4.69, 9.17) is 23.8 Å². The molecule has 0 aliphatic carbocycles. The maximum atomic E-state index is 6.18. The summed E-state index contributed by atoms with van der Waals surface area (Å²) >= 11 is 11.6. The van der Waals surface area contributed by atoms with Crippen LogP contribution in [0.5, 0.6) is 0 Å². The first-order chi connectivity index (χ1) is 12.9. The summed E-state index contributed by atoms with van der Waals surface area (Å²) in [6.45, 7) is 8.75. The van der Waals surface area contributed by atoms with E-state index in [1.165, 1.54) is 24.1 Å². The van der Waals surface area contributed by atoms with Crippen molar-refractivity contribution in [2.45, 2.75) is 39.7 Å². The van der Waals surface area contributed by atoms with Crippen molar-refractivity contribution < 1.29 is 0 Å². The Balaban J connectivity index is 1.56. The number of rotatable bonds is 4. The molecule has 1 aliphatic heterocycles. The molecule has 1 aliphatic rings. The number of nitrogens with zero attached hydrogens (tertiary/aromatic N) is 1. The van der Waals surface area contributed by atoms with Gasteiger partial charge in [-0.05, 0) is 80.2 Å². The van der Waals surface area contributed by atoms with Gasteiger partial charge in [-0.25, -0.2) is 0 Å². The topological polar surface area (TPSA) is 27.3 Å². The largest absolute Gasteiger partial charge is 0.372 e. The van der Waals surface area contributed by atoms with Crippen molar-refractivity contribution in [1.29, 1.82) is 0 Å². The lowest BCUT2D eigenvalue weighted by Gasteiger charge is -2.32. The van der Waals surface area contributed by atoms with Crippen molar-refractivity contribution in [1.82, 2.24) is 5.32 Å². The van der Waals surface area contributed by atoms with Crippen LogP contribution in [-0.4, -0.2) is 18.2 Å². The standard InChI is InChI=1S/C22H28ClN3S/c1-15-10-12-26(13-11-15)20-8-5-18(6-9-20)17(3)24-22(27)25-19-7-4-16(2)21(23)14-19/h4-9,14-15,17H,10-13H2,1-3H3,(H2,24,25,27)/t17-/m0/s1. The Morgan fingerprint density at radius 1 is 1.15 bits per heavy atom. The third-order valence-electron chi connectivity index (χ3n) is 5.32. The Morgan fingerprint density at radius 2 is 1.81 bits per heavy atom. The second-order valence-electron chi connectivity index (χ2n) is 7.55. The molecule has 1 saturated heterocycles. The molecule has 1 atom stereocenters. The number of piperidine rings is 1. The van der Waals surface area contributed by atoms with E-state index in [2.05, 4.69) is 53.6 Å². The number of halogens is 1. The second-order valence-corrected chi connectivity index (χ2v) is 8.36. The zero-order chi connectivity index (χ0) is 19.4. The Hall–Kier alpha value is -1.78. The van der Waals surface area contributed by atoms with Crippen LogP contribution in [0.25, 0.3) is 0 Å². The molecule has 2 aromatic rings. The summed E-state index contributed by atoms with van der Waals surface area (Å²) in [7, 11) is 0. The highest BCUT2D eigenvalue weighted by atomic mass is 35.5. The quantitative estimate of drug-likeness (QED) is 0.620. The van der Waals surface area contributed by atoms with Gasteiger partial charge in [-0.15, -0.1) is 0 Å².